The molecule has 0 aromatic carbocycles. The van der Waals surface area contributed by atoms with Crippen LogP contribution in [0.3, 0.4) is 0 Å². The normalized spacial score (nSPS) is 18.7. The van der Waals surface area contributed by atoms with Gasteiger partial charge in [-0.3, -0.25) is 4.79 Å². The van der Waals surface area contributed by atoms with Gasteiger partial charge in [-0.05, 0) is 38.3 Å². The number of nitrogens with zero attached hydrogens (tertiary/aromatic N) is 3. The summed E-state index contributed by atoms with van der Waals surface area (Å²) in [6.45, 7) is 5.33. The van der Waals surface area contributed by atoms with E-state index in [0.29, 0.717) is 17.2 Å². The molecular weight excluding hydrogens is 322 g/mol. The lowest BCUT2D eigenvalue weighted by Gasteiger charge is -2.31. The van der Waals surface area contributed by atoms with Crippen molar-refractivity contribution >= 4 is 28.8 Å². The third-order valence-electron chi connectivity index (χ3n) is 4.02. The lowest BCUT2D eigenvalue weighted by atomic mass is 9.98. The predicted molar refractivity (Wildman–Crippen MR) is 85.4 cm³/mol. The summed E-state index contributed by atoms with van der Waals surface area (Å²) in [5.41, 5.74) is 2.43. The van der Waals surface area contributed by atoms with Crippen LogP contribution in [0.15, 0.2) is 9.90 Å². The van der Waals surface area contributed by atoms with Crippen LogP contribution in [0.1, 0.15) is 40.7 Å². The maximum absolute atomic E-state index is 12.5. The Balaban J connectivity index is 1.68. The maximum Gasteiger partial charge on any atom is 0.229 e. The summed E-state index contributed by atoms with van der Waals surface area (Å²) in [6, 6.07) is 0. The summed E-state index contributed by atoms with van der Waals surface area (Å²) in [5, 5.41) is 7.21. The van der Waals surface area contributed by atoms with E-state index < -0.39 is 0 Å². The molecule has 0 spiro atoms. The molecule has 1 aliphatic rings. The van der Waals surface area contributed by atoms with Gasteiger partial charge in [0.05, 0.1) is 17.1 Å². The summed E-state index contributed by atoms with van der Waals surface area (Å²) >= 11 is 7.63. The van der Waals surface area contributed by atoms with Crippen molar-refractivity contribution in [2.75, 3.05) is 13.1 Å². The average molecular weight is 340 g/mol. The standard InChI is InChI=1S/C15H18ClN3O2S/c1-9-8-22-15(17-9)11-4-3-5-19(7-11)13(20)6-12-10(2)18-21-14(12)16/h8,11H,3-7H2,1-2H3/t11-/m1/s1. The van der Waals surface area contributed by atoms with Gasteiger partial charge in [0.1, 0.15) is 0 Å². The molecule has 0 bridgehead atoms. The quantitative estimate of drug-likeness (QED) is 0.860. The fraction of sp³-hybridized carbons (Fsp3) is 0.533. The first kappa shape index (κ1) is 15.5. The second-order valence-corrected chi connectivity index (χ2v) is 6.94. The van der Waals surface area contributed by atoms with Crippen LogP contribution < -0.4 is 0 Å². The molecule has 3 heterocycles. The molecule has 3 rings (SSSR count). The van der Waals surface area contributed by atoms with Crippen LogP contribution in [0, 0.1) is 13.8 Å². The molecule has 0 unspecified atom stereocenters. The zero-order valence-corrected chi connectivity index (χ0v) is 14.2. The van der Waals surface area contributed by atoms with E-state index in [2.05, 4.69) is 15.5 Å². The fourth-order valence-corrected chi connectivity index (χ4v) is 3.95. The number of rotatable bonds is 3. The Morgan fingerprint density at radius 1 is 1.55 bits per heavy atom. The summed E-state index contributed by atoms with van der Waals surface area (Å²) in [7, 11) is 0. The van der Waals surface area contributed by atoms with E-state index in [1.807, 2.05) is 11.8 Å². The SMILES string of the molecule is Cc1csc([C@@H]2CCCN(C(=O)Cc3c(C)noc3Cl)C2)n1. The highest BCUT2D eigenvalue weighted by Crippen LogP contribution is 2.30. The van der Waals surface area contributed by atoms with Gasteiger partial charge in [0.25, 0.3) is 0 Å². The minimum absolute atomic E-state index is 0.0752. The van der Waals surface area contributed by atoms with E-state index in [0.717, 1.165) is 36.6 Å². The van der Waals surface area contributed by atoms with Gasteiger partial charge in [-0.25, -0.2) is 4.98 Å². The van der Waals surface area contributed by atoms with Crippen LogP contribution in [0.5, 0.6) is 0 Å². The lowest BCUT2D eigenvalue weighted by molar-refractivity contribution is -0.131. The van der Waals surface area contributed by atoms with Crippen LogP contribution >= 0.6 is 22.9 Å². The van der Waals surface area contributed by atoms with Crippen LogP contribution in [-0.4, -0.2) is 34.0 Å². The molecule has 0 N–H and O–H groups in total. The molecule has 118 valence electrons. The first-order valence-electron chi connectivity index (χ1n) is 7.35. The molecule has 1 amide bonds. The van der Waals surface area contributed by atoms with Gasteiger partial charge in [0.2, 0.25) is 11.1 Å². The van der Waals surface area contributed by atoms with E-state index in [1.165, 1.54) is 0 Å². The zero-order chi connectivity index (χ0) is 15.7. The molecule has 0 radical (unpaired) electrons. The van der Waals surface area contributed by atoms with E-state index in [1.54, 1.807) is 18.3 Å². The number of hydrogen-bond acceptors (Lipinski definition) is 5. The molecule has 7 heteroatoms. The topological polar surface area (TPSA) is 59.2 Å². The number of thiazole rings is 1. The van der Waals surface area contributed by atoms with E-state index in [4.69, 9.17) is 16.1 Å². The molecule has 1 atom stereocenters. The molecule has 22 heavy (non-hydrogen) atoms. The van der Waals surface area contributed by atoms with Crippen LogP contribution in [0.2, 0.25) is 5.22 Å². The molecule has 2 aromatic rings. The van der Waals surface area contributed by atoms with Crippen molar-refractivity contribution in [1.82, 2.24) is 15.0 Å². The molecule has 1 fully saturated rings. The van der Waals surface area contributed by atoms with Crippen LogP contribution in [-0.2, 0) is 11.2 Å². The third-order valence-corrected chi connectivity index (χ3v) is 5.45. The third kappa shape index (κ3) is 3.17. The van der Waals surface area contributed by atoms with Gasteiger partial charge in [0.15, 0.2) is 0 Å². The Kier molecular flexibility index (Phi) is 4.49. The van der Waals surface area contributed by atoms with Crippen LogP contribution in [0.4, 0.5) is 0 Å². The second-order valence-electron chi connectivity index (χ2n) is 5.70. The zero-order valence-electron chi connectivity index (χ0n) is 12.6. The summed E-state index contributed by atoms with van der Waals surface area (Å²) < 4.78 is 4.91. The van der Waals surface area contributed by atoms with Crippen LogP contribution in [0.25, 0.3) is 0 Å². The molecule has 0 saturated carbocycles. The van der Waals surface area contributed by atoms with Crippen molar-refractivity contribution in [3.63, 3.8) is 0 Å². The minimum atomic E-state index is 0.0752. The average Bonchev–Trinajstić information content (AvgIpc) is 3.08. The number of piperidine rings is 1. The summed E-state index contributed by atoms with van der Waals surface area (Å²) in [4.78, 5) is 19.0. The van der Waals surface area contributed by atoms with Crippen molar-refractivity contribution in [3.8, 4) is 0 Å². The Morgan fingerprint density at radius 3 is 3.00 bits per heavy atom. The van der Waals surface area contributed by atoms with Gasteiger partial charge in [-0.15, -0.1) is 11.3 Å². The highest BCUT2D eigenvalue weighted by atomic mass is 35.5. The number of halogens is 1. The van der Waals surface area contributed by atoms with Crippen molar-refractivity contribution in [2.45, 2.75) is 39.0 Å². The summed E-state index contributed by atoms with van der Waals surface area (Å²) in [5.74, 6) is 0.418. The molecule has 1 saturated heterocycles. The fourth-order valence-electron chi connectivity index (χ4n) is 2.79. The van der Waals surface area contributed by atoms with Gasteiger partial charge >= 0.3 is 0 Å². The molecule has 5 nitrogen and oxygen atoms in total. The van der Waals surface area contributed by atoms with Gasteiger partial charge in [-0.2, -0.15) is 0 Å². The number of carbonyl (C=O) groups is 1. The Bertz CT molecular complexity index is 663. The molecular formula is C15H18ClN3O2S. The van der Waals surface area contributed by atoms with Crippen molar-refractivity contribution in [1.29, 1.82) is 0 Å². The van der Waals surface area contributed by atoms with E-state index >= 15 is 0 Å². The number of aryl methyl sites for hydroxylation is 2. The monoisotopic (exact) mass is 339 g/mol. The number of aromatic nitrogens is 2. The predicted octanol–water partition coefficient (Wildman–Crippen LogP) is 3.35. The van der Waals surface area contributed by atoms with Crippen molar-refractivity contribution in [3.05, 3.63) is 32.6 Å². The molecule has 2 aromatic heterocycles. The van der Waals surface area contributed by atoms with E-state index in [-0.39, 0.29) is 17.5 Å². The van der Waals surface area contributed by atoms with Gasteiger partial charge < -0.3 is 9.42 Å². The second kappa shape index (κ2) is 6.38. The van der Waals surface area contributed by atoms with Crippen molar-refractivity contribution in [2.24, 2.45) is 0 Å². The van der Waals surface area contributed by atoms with Crippen molar-refractivity contribution < 1.29 is 9.32 Å². The first-order valence-corrected chi connectivity index (χ1v) is 8.61. The molecule has 0 aliphatic carbocycles. The maximum atomic E-state index is 12.5. The Morgan fingerprint density at radius 2 is 2.36 bits per heavy atom. The Hall–Kier alpha value is -1.40. The molecule has 1 aliphatic heterocycles. The number of hydrogen-bond donors (Lipinski definition) is 0. The first-order chi connectivity index (χ1) is 10.5. The number of amides is 1. The summed E-state index contributed by atoms with van der Waals surface area (Å²) in [6.07, 6.45) is 2.34. The highest BCUT2D eigenvalue weighted by Gasteiger charge is 2.27. The van der Waals surface area contributed by atoms with E-state index in [9.17, 15) is 4.79 Å². The van der Waals surface area contributed by atoms with Gasteiger partial charge in [-0.1, -0.05) is 5.16 Å². The minimum Gasteiger partial charge on any atom is -0.344 e. The smallest absolute Gasteiger partial charge is 0.229 e. The van der Waals surface area contributed by atoms with Gasteiger partial charge in [0, 0.05) is 35.6 Å². The highest BCUT2D eigenvalue weighted by molar-refractivity contribution is 7.09. The lowest BCUT2D eigenvalue weighted by Crippen LogP contribution is -2.40. The Labute approximate surface area is 138 Å². The number of carbonyl (C=O) groups excluding carboxylic acids is 1. The largest absolute Gasteiger partial charge is 0.344 e. The number of likely N-dealkylation sites (tertiary alicyclic amines) is 1.